The van der Waals surface area contributed by atoms with Crippen LogP contribution in [0.1, 0.15) is 32.2 Å². The number of carbonyl (C=O) groups is 1. The van der Waals surface area contributed by atoms with Crippen LogP contribution in [0.15, 0.2) is 24.4 Å². The van der Waals surface area contributed by atoms with Crippen molar-refractivity contribution in [1.82, 2.24) is 4.98 Å². The molecule has 0 fully saturated rings. The van der Waals surface area contributed by atoms with Crippen molar-refractivity contribution in [2.45, 2.75) is 19.8 Å². The van der Waals surface area contributed by atoms with Gasteiger partial charge in [-0.15, -0.1) is 11.3 Å². The average molecular weight is 259 g/mol. The SMILES string of the molecule is Cc1ncc(C(=O)c2cccc3c2OCCC3)s1. The predicted molar refractivity (Wildman–Crippen MR) is 70.5 cm³/mol. The van der Waals surface area contributed by atoms with Crippen LogP contribution in [0.3, 0.4) is 0 Å². The zero-order chi connectivity index (χ0) is 12.5. The summed E-state index contributed by atoms with van der Waals surface area (Å²) in [7, 11) is 0. The quantitative estimate of drug-likeness (QED) is 0.778. The zero-order valence-corrected chi connectivity index (χ0v) is 10.9. The molecular weight excluding hydrogens is 246 g/mol. The molecule has 0 radical (unpaired) electrons. The molecule has 2 aromatic rings. The van der Waals surface area contributed by atoms with Gasteiger partial charge in [-0.1, -0.05) is 12.1 Å². The molecule has 1 aliphatic heterocycles. The van der Waals surface area contributed by atoms with Gasteiger partial charge >= 0.3 is 0 Å². The lowest BCUT2D eigenvalue weighted by molar-refractivity contribution is 0.103. The monoisotopic (exact) mass is 259 g/mol. The second-order valence-electron chi connectivity index (χ2n) is 4.32. The third-order valence-corrected chi connectivity index (χ3v) is 3.93. The minimum Gasteiger partial charge on any atom is -0.493 e. The molecule has 1 aromatic heterocycles. The fraction of sp³-hybridized carbons (Fsp3) is 0.286. The van der Waals surface area contributed by atoms with E-state index in [2.05, 4.69) is 4.98 Å². The number of hydrogen-bond acceptors (Lipinski definition) is 4. The van der Waals surface area contributed by atoms with Gasteiger partial charge in [0.2, 0.25) is 5.78 Å². The molecule has 0 N–H and O–H groups in total. The molecule has 1 aromatic carbocycles. The number of carbonyl (C=O) groups excluding carboxylic acids is 1. The third kappa shape index (κ3) is 1.93. The van der Waals surface area contributed by atoms with Crippen LogP contribution >= 0.6 is 11.3 Å². The van der Waals surface area contributed by atoms with E-state index >= 15 is 0 Å². The highest BCUT2D eigenvalue weighted by molar-refractivity contribution is 7.13. The lowest BCUT2D eigenvalue weighted by Crippen LogP contribution is -2.12. The molecular formula is C14H13NO2S. The standard InChI is InChI=1S/C14H13NO2S/c1-9-15-8-12(18-9)13(16)11-6-2-4-10-5-3-7-17-14(10)11/h2,4,6,8H,3,5,7H2,1H3. The van der Waals surface area contributed by atoms with Gasteiger partial charge in [0, 0.05) is 6.20 Å². The first-order valence-corrected chi connectivity index (χ1v) is 6.79. The molecule has 3 nitrogen and oxygen atoms in total. The van der Waals surface area contributed by atoms with Gasteiger partial charge in [-0.25, -0.2) is 4.98 Å². The van der Waals surface area contributed by atoms with E-state index in [1.807, 2.05) is 25.1 Å². The van der Waals surface area contributed by atoms with Crippen LogP contribution in [0.4, 0.5) is 0 Å². The minimum atomic E-state index is 0.0133. The Balaban J connectivity index is 2.04. The number of para-hydroxylation sites is 1. The van der Waals surface area contributed by atoms with Crippen LogP contribution in [0.25, 0.3) is 0 Å². The Morgan fingerprint density at radius 3 is 3.11 bits per heavy atom. The zero-order valence-electron chi connectivity index (χ0n) is 10.1. The maximum atomic E-state index is 12.4. The smallest absolute Gasteiger partial charge is 0.208 e. The van der Waals surface area contributed by atoms with Crippen LogP contribution < -0.4 is 4.74 Å². The summed E-state index contributed by atoms with van der Waals surface area (Å²) >= 11 is 1.43. The summed E-state index contributed by atoms with van der Waals surface area (Å²) in [6, 6.07) is 5.79. The molecule has 2 heterocycles. The number of ether oxygens (including phenoxy) is 1. The van der Waals surface area contributed by atoms with Crippen LogP contribution in [-0.4, -0.2) is 17.4 Å². The Morgan fingerprint density at radius 1 is 1.44 bits per heavy atom. The number of benzene rings is 1. The molecule has 0 unspecified atom stereocenters. The molecule has 92 valence electrons. The number of aromatic nitrogens is 1. The third-order valence-electron chi connectivity index (χ3n) is 3.02. The van der Waals surface area contributed by atoms with Crippen molar-refractivity contribution in [3.8, 4) is 5.75 Å². The predicted octanol–water partition coefficient (Wildman–Crippen LogP) is 3.01. The molecule has 0 spiro atoms. The molecule has 0 atom stereocenters. The summed E-state index contributed by atoms with van der Waals surface area (Å²) in [6.07, 6.45) is 3.65. The molecule has 3 rings (SSSR count). The van der Waals surface area contributed by atoms with E-state index in [-0.39, 0.29) is 5.78 Å². The number of thiazole rings is 1. The molecule has 18 heavy (non-hydrogen) atoms. The van der Waals surface area contributed by atoms with Crippen LogP contribution in [-0.2, 0) is 6.42 Å². The lowest BCUT2D eigenvalue weighted by atomic mass is 10.00. The second kappa shape index (κ2) is 4.53. The van der Waals surface area contributed by atoms with E-state index in [1.54, 1.807) is 6.20 Å². The molecule has 4 heteroatoms. The van der Waals surface area contributed by atoms with Gasteiger partial charge in [0.1, 0.15) is 5.75 Å². The lowest BCUT2D eigenvalue weighted by Gasteiger charge is -2.19. The van der Waals surface area contributed by atoms with Gasteiger partial charge in [-0.3, -0.25) is 4.79 Å². The Hall–Kier alpha value is -1.68. The van der Waals surface area contributed by atoms with Gasteiger partial charge < -0.3 is 4.74 Å². The van der Waals surface area contributed by atoms with Crippen LogP contribution in [0.2, 0.25) is 0 Å². The summed E-state index contributed by atoms with van der Waals surface area (Å²) in [6.45, 7) is 2.59. The largest absolute Gasteiger partial charge is 0.493 e. The summed E-state index contributed by atoms with van der Waals surface area (Å²) < 4.78 is 5.67. The number of fused-ring (bicyclic) bond motifs is 1. The van der Waals surface area contributed by atoms with Crippen molar-refractivity contribution in [3.05, 3.63) is 45.4 Å². The van der Waals surface area contributed by atoms with E-state index in [1.165, 1.54) is 11.3 Å². The van der Waals surface area contributed by atoms with Crippen molar-refractivity contribution < 1.29 is 9.53 Å². The van der Waals surface area contributed by atoms with E-state index in [0.717, 1.165) is 29.2 Å². The first-order valence-electron chi connectivity index (χ1n) is 5.97. The van der Waals surface area contributed by atoms with Gasteiger partial charge in [-0.2, -0.15) is 0 Å². The Bertz CT molecular complexity index is 604. The number of aryl methyl sites for hydroxylation is 2. The van der Waals surface area contributed by atoms with Crippen molar-refractivity contribution >= 4 is 17.1 Å². The highest BCUT2D eigenvalue weighted by Crippen LogP contribution is 2.31. The summed E-state index contributed by atoms with van der Waals surface area (Å²) in [5, 5.41) is 0.907. The summed E-state index contributed by atoms with van der Waals surface area (Å²) in [4.78, 5) is 17.2. The van der Waals surface area contributed by atoms with Gasteiger partial charge in [0.15, 0.2) is 0 Å². The number of rotatable bonds is 2. The Morgan fingerprint density at radius 2 is 2.33 bits per heavy atom. The first-order chi connectivity index (χ1) is 8.75. The fourth-order valence-corrected chi connectivity index (χ4v) is 2.90. The number of nitrogens with zero attached hydrogens (tertiary/aromatic N) is 1. The highest BCUT2D eigenvalue weighted by atomic mass is 32.1. The molecule has 0 amide bonds. The molecule has 1 aliphatic rings. The van der Waals surface area contributed by atoms with Gasteiger partial charge in [-0.05, 0) is 31.4 Å². The van der Waals surface area contributed by atoms with E-state index < -0.39 is 0 Å². The van der Waals surface area contributed by atoms with Crippen molar-refractivity contribution in [3.63, 3.8) is 0 Å². The molecule has 0 bridgehead atoms. The van der Waals surface area contributed by atoms with Gasteiger partial charge in [0.25, 0.3) is 0 Å². The van der Waals surface area contributed by atoms with E-state index in [4.69, 9.17) is 4.74 Å². The second-order valence-corrected chi connectivity index (χ2v) is 5.55. The Kier molecular flexibility index (Phi) is 2.88. The normalized spacial score (nSPS) is 13.8. The first kappa shape index (κ1) is 11.4. The topological polar surface area (TPSA) is 39.2 Å². The summed E-state index contributed by atoms with van der Waals surface area (Å²) in [5.41, 5.74) is 1.80. The number of hydrogen-bond donors (Lipinski definition) is 0. The van der Waals surface area contributed by atoms with Crippen molar-refractivity contribution in [2.75, 3.05) is 6.61 Å². The van der Waals surface area contributed by atoms with Crippen LogP contribution in [0.5, 0.6) is 5.75 Å². The maximum absolute atomic E-state index is 12.4. The van der Waals surface area contributed by atoms with E-state index in [0.29, 0.717) is 17.0 Å². The average Bonchev–Trinajstić information content (AvgIpc) is 2.84. The maximum Gasteiger partial charge on any atom is 0.208 e. The molecule has 0 saturated carbocycles. The molecule has 0 saturated heterocycles. The van der Waals surface area contributed by atoms with E-state index in [9.17, 15) is 4.79 Å². The minimum absolute atomic E-state index is 0.0133. The fourth-order valence-electron chi connectivity index (χ4n) is 2.17. The highest BCUT2D eigenvalue weighted by Gasteiger charge is 2.21. The Labute approximate surface area is 109 Å². The van der Waals surface area contributed by atoms with Crippen molar-refractivity contribution in [2.24, 2.45) is 0 Å². The van der Waals surface area contributed by atoms with Crippen molar-refractivity contribution in [1.29, 1.82) is 0 Å². The molecule has 0 aliphatic carbocycles. The van der Waals surface area contributed by atoms with Gasteiger partial charge in [0.05, 0.1) is 22.1 Å². The van der Waals surface area contributed by atoms with Crippen LogP contribution in [0, 0.1) is 6.92 Å². The number of ketones is 1. The summed E-state index contributed by atoms with van der Waals surface area (Å²) in [5.74, 6) is 0.777.